The second kappa shape index (κ2) is 21.3. The van der Waals surface area contributed by atoms with Crippen LogP contribution < -0.4 is 0 Å². The van der Waals surface area contributed by atoms with Gasteiger partial charge in [-0.05, 0) is 176 Å². The molecule has 11 heteroatoms. The summed E-state index contributed by atoms with van der Waals surface area (Å²) in [4.78, 5) is 71.9. The Morgan fingerprint density at radius 1 is 0.684 bits per heavy atom. The highest BCUT2D eigenvalue weighted by molar-refractivity contribution is 5.86. The molecule has 2 N–H and O–H groups in total. The summed E-state index contributed by atoms with van der Waals surface area (Å²) in [7, 11) is 0. The van der Waals surface area contributed by atoms with Crippen LogP contribution in [0.2, 0.25) is 0 Å². The van der Waals surface area contributed by atoms with Crippen molar-refractivity contribution >= 4 is 35.6 Å². The number of fused-ring (bicyclic) bond motifs is 10. The van der Waals surface area contributed by atoms with Gasteiger partial charge >= 0.3 is 29.8 Å². The predicted molar refractivity (Wildman–Crippen MR) is 295 cm³/mol. The van der Waals surface area contributed by atoms with E-state index in [2.05, 4.69) is 100 Å². The first-order valence-corrected chi connectivity index (χ1v) is 28.9. The minimum atomic E-state index is -0.999. The van der Waals surface area contributed by atoms with Crippen LogP contribution in [0, 0.1) is 79.3 Å². The van der Waals surface area contributed by atoms with Gasteiger partial charge in [0.15, 0.2) is 0 Å². The molecule has 0 saturated heterocycles. The summed E-state index contributed by atoms with van der Waals surface area (Å²) in [6, 6.07) is 0. The molecule has 0 bridgehead atoms. The largest absolute Gasteiger partial charge is 0.478 e. The average Bonchev–Trinajstić information content (AvgIpc) is 3.77. The molecule has 8 aliphatic carbocycles. The molecule has 4 fully saturated rings. The van der Waals surface area contributed by atoms with Crippen LogP contribution in [0.4, 0.5) is 0 Å². The molecule has 4 saturated carbocycles. The van der Waals surface area contributed by atoms with E-state index in [1.54, 1.807) is 31.1 Å². The number of ether oxygens (including phenoxy) is 3. The van der Waals surface area contributed by atoms with E-state index in [0.29, 0.717) is 47.9 Å². The molecule has 0 aromatic rings. The van der Waals surface area contributed by atoms with Crippen molar-refractivity contribution in [2.45, 2.75) is 219 Å². The maximum absolute atomic E-state index is 12.6. The van der Waals surface area contributed by atoms with Crippen LogP contribution in [0.3, 0.4) is 0 Å². The zero-order valence-corrected chi connectivity index (χ0v) is 49.2. The van der Waals surface area contributed by atoms with E-state index in [-0.39, 0.29) is 80.0 Å². The van der Waals surface area contributed by atoms with E-state index in [9.17, 15) is 33.9 Å². The standard InChI is InChI=1S/C36H52O8.C29H42O3/c1-20(32(40)41)11-13-28(42-22(3)37)21(2)27-19-31(44-24(5)39)36(10)26-12-14-29-33(6,7)30(43-23(4)38)16-17-34(29,8)25(26)15-18-35(27,36)9;1-18(8-7-9-19(2)26(31)32)22-15-17-29(6)24-12-11-23-20(10-13-25(30)27(23,3)4)21(24)14-16-28(22,29)5/h11-12,15,21,27-31H,13-14,16-19H2,1-10H3,(H,40,41);9,12,14,18,20,22-23H,7-8,10-11,13,15-17H2,1-6H3,(H,31,32)/b20-11+;19-9+/t21-,27+,28-,29-,30-,31-,34+,35+,36+;18-,20-,22-,23-,28-,29+/m01/s1. The Bertz CT molecular complexity index is 2550. The highest BCUT2D eigenvalue weighted by Crippen LogP contribution is 2.73. The summed E-state index contributed by atoms with van der Waals surface area (Å²) >= 11 is 0. The zero-order chi connectivity index (χ0) is 56.5. The van der Waals surface area contributed by atoms with Crippen molar-refractivity contribution < 1.29 is 53.2 Å². The van der Waals surface area contributed by atoms with Gasteiger partial charge in [-0.2, -0.15) is 0 Å². The number of carbonyl (C=O) groups excluding carboxylic acids is 4. The van der Waals surface area contributed by atoms with E-state index in [1.165, 1.54) is 44.8 Å². The Balaban J connectivity index is 0.000000232. The van der Waals surface area contributed by atoms with Gasteiger partial charge < -0.3 is 24.4 Å². The number of allylic oxidation sites excluding steroid dienone is 8. The number of aliphatic carboxylic acids is 2. The van der Waals surface area contributed by atoms with Gasteiger partial charge in [-0.25, -0.2) is 9.59 Å². The lowest BCUT2D eigenvalue weighted by molar-refractivity contribution is -0.166. The minimum absolute atomic E-state index is 0.0279. The van der Waals surface area contributed by atoms with Crippen molar-refractivity contribution in [1.82, 2.24) is 0 Å². The summed E-state index contributed by atoms with van der Waals surface area (Å²) in [5.74, 6) is 0.0970. The molecule has 0 amide bonds. The second-order valence-electron chi connectivity index (χ2n) is 27.4. The van der Waals surface area contributed by atoms with E-state index >= 15 is 0 Å². The van der Waals surface area contributed by atoms with Gasteiger partial charge in [0.2, 0.25) is 0 Å². The molecular weight excluding hydrogens is 957 g/mol. The first-order valence-electron chi connectivity index (χ1n) is 28.9. The van der Waals surface area contributed by atoms with Crippen LogP contribution in [0.5, 0.6) is 0 Å². The maximum Gasteiger partial charge on any atom is 0.330 e. The van der Waals surface area contributed by atoms with Crippen LogP contribution in [-0.2, 0) is 43.0 Å². The molecule has 0 aromatic heterocycles. The van der Waals surface area contributed by atoms with Gasteiger partial charge in [0, 0.05) is 61.0 Å². The lowest BCUT2D eigenvalue weighted by atomic mass is 9.44. The van der Waals surface area contributed by atoms with Crippen LogP contribution in [0.25, 0.3) is 0 Å². The van der Waals surface area contributed by atoms with Crippen molar-refractivity contribution in [2.75, 3.05) is 0 Å². The Hall–Kier alpha value is -4.54. The highest BCUT2D eigenvalue weighted by Gasteiger charge is 2.68. The number of hydrogen-bond acceptors (Lipinski definition) is 9. The minimum Gasteiger partial charge on any atom is -0.478 e. The number of carbonyl (C=O) groups is 6. The third-order valence-corrected chi connectivity index (χ3v) is 23.0. The first kappa shape index (κ1) is 59.1. The van der Waals surface area contributed by atoms with Crippen LogP contribution in [0.15, 0.2) is 69.9 Å². The molecular formula is C65H94O11. The van der Waals surface area contributed by atoms with Crippen molar-refractivity contribution in [2.24, 2.45) is 79.3 Å². The second-order valence-corrected chi connectivity index (χ2v) is 27.4. The van der Waals surface area contributed by atoms with E-state index in [0.717, 1.165) is 64.2 Å². The fourth-order valence-electron chi connectivity index (χ4n) is 17.9. The topological polar surface area (TPSA) is 171 Å². The van der Waals surface area contributed by atoms with Gasteiger partial charge in [-0.1, -0.05) is 113 Å². The zero-order valence-electron chi connectivity index (χ0n) is 49.2. The van der Waals surface area contributed by atoms with Gasteiger partial charge in [0.05, 0.1) is 0 Å². The van der Waals surface area contributed by atoms with Crippen LogP contribution in [0.1, 0.15) is 201 Å². The number of ketones is 1. The van der Waals surface area contributed by atoms with Crippen LogP contribution in [-0.4, -0.2) is 64.2 Å². The molecule has 15 atom stereocenters. The average molecular weight is 1050 g/mol. The lowest BCUT2D eigenvalue weighted by Gasteiger charge is -2.61. The maximum atomic E-state index is 12.6. The first-order chi connectivity index (χ1) is 35.2. The summed E-state index contributed by atoms with van der Waals surface area (Å²) in [5, 5.41) is 18.5. The fourth-order valence-corrected chi connectivity index (χ4v) is 17.9. The van der Waals surface area contributed by atoms with Gasteiger partial charge in [-0.3, -0.25) is 19.2 Å². The number of hydrogen-bond donors (Lipinski definition) is 2. The summed E-state index contributed by atoms with van der Waals surface area (Å²) in [5.41, 5.74) is 5.53. The Labute approximate surface area is 455 Å². The lowest BCUT2D eigenvalue weighted by Crippen LogP contribution is -2.56. The monoisotopic (exact) mass is 1050 g/mol. The fraction of sp³-hybridized carbons (Fsp3) is 0.723. The normalized spacial score (nSPS) is 38.1. The molecule has 0 aromatic carbocycles. The molecule has 11 nitrogen and oxygen atoms in total. The smallest absolute Gasteiger partial charge is 0.330 e. The molecule has 8 aliphatic rings. The van der Waals surface area contributed by atoms with Gasteiger partial charge in [0.1, 0.15) is 24.1 Å². The van der Waals surface area contributed by atoms with Crippen molar-refractivity contribution in [3.63, 3.8) is 0 Å². The predicted octanol–water partition coefficient (Wildman–Crippen LogP) is 14.1. The third-order valence-electron chi connectivity index (χ3n) is 23.0. The van der Waals surface area contributed by atoms with Crippen LogP contribution >= 0.6 is 0 Å². The number of esters is 3. The Morgan fingerprint density at radius 3 is 1.91 bits per heavy atom. The van der Waals surface area contributed by atoms with Gasteiger partial charge in [0.25, 0.3) is 0 Å². The molecule has 0 spiro atoms. The van der Waals surface area contributed by atoms with E-state index < -0.39 is 29.4 Å². The molecule has 420 valence electrons. The van der Waals surface area contributed by atoms with Crippen molar-refractivity contribution in [3.8, 4) is 0 Å². The summed E-state index contributed by atoms with van der Waals surface area (Å²) in [6.07, 6.45) is 24.9. The molecule has 0 heterocycles. The third kappa shape index (κ3) is 9.89. The Kier molecular flexibility index (Phi) is 16.5. The SMILES string of the molecule is C/C(=C\CC[C@@H](C)[C@H]1CC[C@@]2(C)C3=CC[C@@H]4[C@H](CCC(=O)C4(C)C)C3=CC[C@]12C)C(=O)O.CC(=O)O[C@@H](C/C=C(\C)C(=O)O)[C@@H](C)[C@H]1C[C@H](OC(C)=O)[C@@]2(C)C3=CC[C@H]4C(C)(C)[C@@H](OC(C)=O)CC[C@]4(C)C3=CC[C@]12C. The molecule has 0 aliphatic heterocycles. The quantitative estimate of drug-likeness (QED) is 0.102. The Morgan fingerprint density at radius 2 is 1.29 bits per heavy atom. The number of carboxylic acid groups (broad SMARTS) is 2. The number of Topliss-reactive ketones (excluding diaryl/α,β-unsaturated/α-hetero) is 1. The molecule has 8 rings (SSSR count). The van der Waals surface area contributed by atoms with Gasteiger partial charge in [-0.15, -0.1) is 0 Å². The van der Waals surface area contributed by atoms with Crippen molar-refractivity contribution in [3.05, 3.63) is 69.9 Å². The number of rotatable bonds is 13. The highest BCUT2D eigenvalue weighted by atomic mass is 16.6. The molecule has 0 unspecified atom stereocenters. The van der Waals surface area contributed by atoms with E-state index in [4.69, 9.17) is 19.3 Å². The summed E-state index contributed by atoms with van der Waals surface area (Å²) < 4.78 is 17.8. The number of carboxylic acids is 2. The van der Waals surface area contributed by atoms with Crippen molar-refractivity contribution in [1.29, 1.82) is 0 Å². The van der Waals surface area contributed by atoms with E-state index in [1.807, 2.05) is 6.08 Å². The summed E-state index contributed by atoms with van der Waals surface area (Å²) in [6.45, 7) is 32.7. The molecule has 0 radical (unpaired) electrons. The molecule has 76 heavy (non-hydrogen) atoms.